The topological polar surface area (TPSA) is 66.8 Å². The van der Waals surface area contributed by atoms with Gasteiger partial charge in [0.05, 0.1) is 17.1 Å². The molecule has 0 amide bonds. The van der Waals surface area contributed by atoms with E-state index in [2.05, 4.69) is 0 Å². The first-order valence-corrected chi connectivity index (χ1v) is 7.40. The van der Waals surface area contributed by atoms with Crippen LogP contribution in [-0.4, -0.2) is 30.1 Å². The standard InChI is InChI=1S/C17H15ClFNO4/c1-11(21)9-20(13-4-2-3-12(7-13)17(22)23)10-24-14-5-6-16(19)15(18)8-14/h2-8H,9-10H2,1H3,(H,22,23). The Labute approximate surface area is 143 Å². The summed E-state index contributed by atoms with van der Waals surface area (Å²) in [4.78, 5) is 24.1. The number of aromatic carboxylic acids is 1. The lowest BCUT2D eigenvalue weighted by Gasteiger charge is -2.24. The second-order valence-corrected chi connectivity index (χ2v) is 5.51. The van der Waals surface area contributed by atoms with Gasteiger partial charge in [-0.2, -0.15) is 0 Å². The summed E-state index contributed by atoms with van der Waals surface area (Å²) in [5.41, 5.74) is 0.629. The van der Waals surface area contributed by atoms with Gasteiger partial charge in [-0.3, -0.25) is 4.79 Å². The summed E-state index contributed by atoms with van der Waals surface area (Å²) in [5, 5.41) is 9.00. The third-order valence-corrected chi connectivity index (χ3v) is 3.44. The Bertz CT molecular complexity index is 766. The molecular formula is C17H15ClFNO4. The Morgan fingerprint density at radius 3 is 2.62 bits per heavy atom. The van der Waals surface area contributed by atoms with Gasteiger partial charge in [0.25, 0.3) is 0 Å². The van der Waals surface area contributed by atoms with Gasteiger partial charge >= 0.3 is 5.97 Å². The van der Waals surface area contributed by atoms with Crippen LogP contribution in [0, 0.1) is 5.82 Å². The van der Waals surface area contributed by atoms with E-state index in [1.165, 1.54) is 37.3 Å². The number of ether oxygens (including phenoxy) is 1. The van der Waals surface area contributed by atoms with Gasteiger partial charge in [0.1, 0.15) is 17.3 Å². The van der Waals surface area contributed by atoms with Crippen molar-refractivity contribution in [2.24, 2.45) is 0 Å². The predicted molar refractivity (Wildman–Crippen MR) is 88.3 cm³/mol. The van der Waals surface area contributed by atoms with Gasteiger partial charge < -0.3 is 14.7 Å². The molecule has 0 unspecified atom stereocenters. The molecule has 24 heavy (non-hydrogen) atoms. The molecule has 0 aromatic heterocycles. The predicted octanol–water partition coefficient (Wildman–Crippen LogP) is 3.61. The lowest BCUT2D eigenvalue weighted by molar-refractivity contribution is -0.115. The molecule has 0 aliphatic rings. The van der Waals surface area contributed by atoms with Gasteiger partial charge in [-0.15, -0.1) is 0 Å². The lowest BCUT2D eigenvalue weighted by Crippen LogP contribution is -2.32. The Morgan fingerprint density at radius 2 is 2.00 bits per heavy atom. The third-order valence-electron chi connectivity index (χ3n) is 3.15. The summed E-state index contributed by atoms with van der Waals surface area (Å²) in [6.45, 7) is 1.44. The zero-order valence-corrected chi connectivity index (χ0v) is 13.6. The number of carbonyl (C=O) groups excluding carboxylic acids is 1. The monoisotopic (exact) mass is 351 g/mol. The van der Waals surface area contributed by atoms with Gasteiger partial charge in [0, 0.05) is 11.8 Å². The number of halogens is 2. The fourth-order valence-electron chi connectivity index (χ4n) is 2.03. The fraction of sp³-hybridized carbons (Fsp3) is 0.176. The van der Waals surface area contributed by atoms with Crippen LogP contribution in [0.5, 0.6) is 5.75 Å². The van der Waals surface area contributed by atoms with E-state index in [9.17, 15) is 14.0 Å². The van der Waals surface area contributed by atoms with Crippen molar-refractivity contribution < 1.29 is 23.8 Å². The van der Waals surface area contributed by atoms with Crippen molar-refractivity contribution in [1.82, 2.24) is 0 Å². The van der Waals surface area contributed by atoms with E-state index >= 15 is 0 Å². The maximum absolute atomic E-state index is 13.2. The molecule has 2 rings (SSSR count). The highest BCUT2D eigenvalue weighted by Gasteiger charge is 2.13. The van der Waals surface area contributed by atoms with Crippen molar-refractivity contribution in [1.29, 1.82) is 0 Å². The zero-order chi connectivity index (χ0) is 17.7. The average molecular weight is 352 g/mol. The number of hydrogen-bond donors (Lipinski definition) is 1. The number of carboxylic acid groups (broad SMARTS) is 1. The van der Waals surface area contributed by atoms with Gasteiger partial charge in [0.2, 0.25) is 0 Å². The molecule has 0 spiro atoms. The molecule has 0 fully saturated rings. The summed E-state index contributed by atoms with van der Waals surface area (Å²) in [6.07, 6.45) is 0. The molecule has 2 aromatic carbocycles. The Hall–Kier alpha value is -2.60. The van der Waals surface area contributed by atoms with E-state index in [4.69, 9.17) is 21.4 Å². The third kappa shape index (κ3) is 4.70. The zero-order valence-electron chi connectivity index (χ0n) is 12.8. The van der Waals surface area contributed by atoms with E-state index in [-0.39, 0.29) is 29.6 Å². The molecule has 0 saturated heterocycles. The number of carboxylic acids is 1. The van der Waals surface area contributed by atoms with E-state index in [0.29, 0.717) is 11.4 Å². The van der Waals surface area contributed by atoms with Crippen LogP contribution in [-0.2, 0) is 4.79 Å². The second kappa shape index (κ2) is 7.79. The number of benzene rings is 2. The second-order valence-electron chi connectivity index (χ2n) is 5.10. The SMILES string of the molecule is CC(=O)CN(COc1ccc(F)c(Cl)c1)c1cccc(C(=O)O)c1. The first kappa shape index (κ1) is 17.7. The molecule has 0 bridgehead atoms. The minimum Gasteiger partial charge on any atom is -0.478 e. The van der Waals surface area contributed by atoms with Crippen molar-refractivity contribution in [3.8, 4) is 5.75 Å². The Morgan fingerprint density at radius 1 is 1.25 bits per heavy atom. The summed E-state index contributed by atoms with van der Waals surface area (Å²) in [6, 6.07) is 10.1. The molecule has 0 heterocycles. The van der Waals surface area contributed by atoms with Crippen LogP contribution >= 0.6 is 11.6 Å². The van der Waals surface area contributed by atoms with Crippen LogP contribution < -0.4 is 9.64 Å². The quantitative estimate of drug-likeness (QED) is 0.772. The Balaban J connectivity index is 2.19. The minimum absolute atomic E-state index is 0.0232. The fourth-order valence-corrected chi connectivity index (χ4v) is 2.21. The molecule has 1 N–H and O–H groups in total. The number of nitrogens with zero attached hydrogens (tertiary/aromatic N) is 1. The molecule has 0 radical (unpaired) electrons. The van der Waals surface area contributed by atoms with E-state index < -0.39 is 11.8 Å². The van der Waals surface area contributed by atoms with Crippen molar-refractivity contribution >= 4 is 29.0 Å². The van der Waals surface area contributed by atoms with Crippen LogP contribution in [0.2, 0.25) is 5.02 Å². The summed E-state index contributed by atoms with van der Waals surface area (Å²) in [5.74, 6) is -1.40. The Kier molecular flexibility index (Phi) is 5.76. The van der Waals surface area contributed by atoms with Crippen LogP contribution in [0.15, 0.2) is 42.5 Å². The maximum atomic E-state index is 13.2. The number of hydrogen-bond acceptors (Lipinski definition) is 4. The molecule has 0 atom stereocenters. The summed E-state index contributed by atoms with van der Waals surface area (Å²) >= 11 is 5.70. The molecule has 0 saturated carbocycles. The van der Waals surface area contributed by atoms with Crippen LogP contribution in [0.1, 0.15) is 17.3 Å². The van der Waals surface area contributed by atoms with Gasteiger partial charge in [0.15, 0.2) is 6.73 Å². The number of ketones is 1. The molecule has 5 nitrogen and oxygen atoms in total. The van der Waals surface area contributed by atoms with Crippen molar-refractivity contribution in [3.63, 3.8) is 0 Å². The molecule has 0 aliphatic heterocycles. The van der Waals surface area contributed by atoms with Crippen LogP contribution in [0.4, 0.5) is 10.1 Å². The first-order chi connectivity index (χ1) is 11.4. The van der Waals surface area contributed by atoms with Crippen molar-refractivity contribution in [3.05, 3.63) is 58.9 Å². The largest absolute Gasteiger partial charge is 0.478 e. The minimum atomic E-state index is -1.06. The van der Waals surface area contributed by atoms with E-state index in [0.717, 1.165) is 0 Å². The average Bonchev–Trinajstić information content (AvgIpc) is 2.54. The maximum Gasteiger partial charge on any atom is 0.335 e. The molecule has 7 heteroatoms. The molecule has 126 valence electrons. The molecule has 0 aliphatic carbocycles. The van der Waals surface area contributed by atoms with Gasteiger partial charge in [-0.05, 0) is 37.3 Å². The highest BCUT2D eigenvalue weighted by atomic mass is 35.5. The summed E-state index contributed by atoms with van der Waals surface area (Å²) < 4.78 is 18.7. The number of anilines is 1. The number of carbonyl (C=O) groups is 2. The first-order valence-electron chi connectivity index (χ1n) is 7.02. The highest BCUT2D eigenvalue weighted by molar-refractivity contribution is 6.30. The van der Waals surface area contributed by atoms with E-state index in [1.807, 2.05) is 0 Å². The van der Waals surface area contributed by atoms with Crippen molar-refractivity contribution in [2.45, 2.75) is 6.92 Å². The normalized spacial score (nSPS) is 10.3. The summed E-state index contributed by atoms with van der Waals surface area (Å²) in [7, 11) is 0. The van der Waals surface area contributed by atoms with Crippen LogP contribution in [0.25, 0.3) is 0 Å². The van der Waals surface area contributed by atoms with Gasteiger partial charge in [-0.25, -0.2) is 9.18 Å². The number of rotatable bonds is 7. The smallest absolute Gasteiger partial charge is 0.335 e. The number of Topliss-reactive ketones (excluding diaryl/α,β-unsaturated/α-hetero) is 1. The molecule has 2 aromatic rings. The van der Waals surface area contributed by atoms with E-state index in [1.54, 1.807) is 17.0 Å². The van der Waals surface area contributed by atoms with Crippen LogP contribution in [0.3, 0.4) is 0 Å². The highest BCUT2D eigenvalue weighted by Crippen LogP contribution is 2.22. The van der Waals surface area contributed by atoms with Gasteiger partial charge in [-0.1, -0.05) is 17.7 Å². The van der Waals surface area contributed by atoms with Crippen molar-refractivity contribution in [2.75, 3.05) is 18.2 Å². The molecular weight excluding hydrogens is 337 g/mol. The lowest BCUT2D eigenvalue weighted by atomic mass is 10.2.